The summed E-state index contributed by atoms with van der Waals surface area (Å²) >= 11 is 0. The maximum Gasteiger partial charge on any atom is 0.120 e. The van der Waals surface area contributed by atoms with E-state index < -0.39 is 0 Å². The van der Waals surface area contributed by atoms with E-state index in [9.17, 15) is 4.79 Å². The van der Waals surface area contributed by atoms with Gasteiger partial charge in [-0.2, -0.15) is 0 Å². The second kappa shape index (κ2) is 8.51. The van der Waals surface area contributed by atoms with Gasteiger partial charge < -0.3 is 4.79 Å². The summed E-state index contributed by atoms with van der Waals surface area (Å²) in [6, 6.07) is 0. The second-order valence-corrected chi connectivity index (χ2v) is 3.43. The van der Waals surface area contributed by atoms with Crippen LogP contribution < -0.4 is 0 Å². The van der Waals surface area contributed by atoms with Crippen molar-refractivity contribution in [3.8, 4) is 0 Å². The molecule has 0 N–H and O–H groups in total. The van der Waals surface area contributed by atoms with Crippen molar-refractivity contribution in [2.24, 2.45) is 5.92 Å². The molecule has 0 aromatic heterocycles. The predicted octanol–water partition coefficient (Wildman–Crippen LogP) is 3.35. The van der Waals surface area contributed by atoms with Gasteiger partial charge in [-0.3, -0.25) is 0 Å². The molecule has 0 fully saturated rings. The van der Waals surface area contributed by atoms with Crippen LogP contribution in [0.25, 0.3) is 0 Å². The van der Waals surface area contributed by atoms with Crippen molar-refractivity contribution >= 4 is 6.29 Å². The molecule has 0 aliphatic heterocycles. The summed E-state index contributed by atoms with van der Waals surface area (Å²) in [6.07, 6.45) is 9.80. The van der Waals surface area contributed by atoms with Crippen molar-refractivity contribution in [2.45, 2.75) is 45.4 Å². The Labute approximate surface area is 75.9 Å². The lowest BCUT2D eigenvalue weighted by Gasteiger charge is -2.05. The number of rotatable bonds is 8. The van der Waals surface area contributed by atoms with E-state index in [2.05, 4.69) is 13.5 Å². The molecule has 1 heteroatoms. The molecule has 0 heterocycles. The molecule has 0 aliphatic carbocycles. The number of carbonyl (C=O) groups is 1. The highest BCUT2D eigenvalue weighted by Gasteiger charge is 1.99. The molecule has 0 aromatic rings. The summed E-state index contributed by atoms with van der Waals surface area (Å²) in [5.41, 5.74) is 0. The Hall–Kier alpha value is -0.590. The first-order valence-electron chi connectivity index (χ1n) is 4.85. The minimum Gasteiger partial charge on any atom is -0.303 e. The summed E-state index contributed by atoms with van der Waals surface area (Å²) < 4.78 is 0. The molecule has 0 rings (SSSR count). The van der Waals surface area contributed by atoms with Crippen molar-refractivity contribution < 1.29 is 4.79 Å². The number of carbonyl (C=O) groups excluding carboxylic acids is 1. The van der Waals surface area contributed by atoms with E-state index in [1.54, 1.807) is 0 Å². The quantitative estimate of drug-likeness (QED) is 0.308. The van der Waals surface area contributed by atoms with E-state index in [4.69, 9.17) is 0 Å². The van der Waals surface area contributed by atoms with Crippen LogP contribution in [0.5, 0.6) is 0 Å². The molecule has 1 atom stereocenters. The lowest BCUT2D eigenvalue weighted by atomic mass is 10.0. The van der Waals surface area contributed by atoms with Gasteiger partial charge in [0, 0.05) is 6.42 Å². The van der Waals surface area contributed by atoms with Crippen LogP contribution in [0.15, 0.2) is 12.7 Å². The van der Waals surface area contributed by atoms with Crippen molar-refractivity contribution in [3.05, 3.63) is 12.7 Å². The molecule has 0 saturated heterocycles. The molecule has 0 aliphatic rings. The molecule has 0 saturated carbocycles. The van der Waals surface area contributed by atoms with Gasteiger partial charge in [0.25, 0.3) is 0 Å². The lowest BCUT2D eigenvalue weighted by Crippen LogP contribution is -1.94. The Balaban J connectivity index is 3.07. The Morgan fingerprint density at radius 3 is 2.67 bits per heavy atom. The monoisotopic (exact) mass is 168 g/mol. The third kappa shape index (κ3) is 7.52. The molecule has 0 spiro atoms. The van der Waals surface area contributed by atoms with Gasteiger partial charge >= 0.3 is 0 Å². The molecular weight excluding hydrogens is 148 g/mol. The fraction of sp³-hybridized carbons (Fsp3) is 0.727. The van der Waals surface area contributed by atoms with Crippen LogP contribution >= 0.6 is 0 Å². The third-order valence-electron chi connectivity index (χ3n) is 2.10. The van der Waals surface area contributed by atoms with E-state index in [1.165, 1.54) is 25.7 Å². The summed E-state index contributed by atoms with van der Waals surface area (Å²) in [5.74, 6) is 0.575. The normalized spacial score (nSPS) is 12.4. The van der Waals surface area contributed by atoms with E-state index in [0.717, 1.165) is 19.1 Å². The fourth-order valence-electron chi connectivity index (χ4n) is 1.24. The van der Waals surface area contributed by atoms with Crippen LogP contribution in [-0.4, -0.2) is 6.29 Å². The Bertz CT molecular complexity index is 118. The van der Waals surface area contributed by atoms with E-state index in [-0.39, 0.29) is 0 Å². The topological polar surface area (TPSA) is 17.1 Å². The fourth-order valence-corrected chi connectivity index (χ4v) is 1.24. The van der Waals surface area contributed by atoms with Crippen LogP contribution in [0.1, 0.15) is 45.4 Å². The first-order chi connectivity index (χ1) is 5.81. The van der Waals surface area contributed by atoms with Gasteiger partial charge in [-0.15, -0.1) is 6.58 Å². The first-order valence-corrected chi connectivity index (χ1v) is 4.85. The van der Waals surface area contributed by atoms with Crippen molar-refractivity contribution in [2.75, 3.05) is 0 Å². The molecule has 1 nitrogen and oxygen atoms in total. The Kier molecular flexibility index (Phi) is 8.09. The number of hydrogen-bond acceptors (Lipinski definition) is 1. The van der Waals surface area contributed by atoms with Crippen LogP contribution in [0.2, 0.25) is 0 Å². The van der Waals surface area contributed by atoms with Crippen LogP contribution in [0, 0.1) is 5.92 Å². The van der Waals surface area contributed by atoms with Crippen LogP contribution in [0.4, 0.5) is 0 Å². The SMILES string of the molecule is C=CCCCCCC(C)CC=O. The predicted molar refractivity (Wildman–Crippen MR) is 53.1 cm³/mol. The second-order valence-electron chi connectivity index (χ2n) is 3.43. The first kappa shape index (κ1) is 11.4. The maximum absolute atomic E-state index is 10.1. The Morgan fingerprint density at radius 2 is 2.08 bits per heavy atom. The molecule has 70 valence electrons. The molecule has 0 bridgehead atoms. The minimum absolute atomic E-state index is 0.575. The zero-order valence-electron chi connectivity index (χ0n) is 8.09. The largest absolute Gasteiger partial charge is 0.303 e. The molecule has 0 radical (unpaired) electrons. The van der Waals surface area contributed by atoms with Gasteiger partial charge in [-0.1, -0.05) is 32.3 Å². The summed E-state index contributed by atoms with van der Waals surface area (Å²) in [7, 11) is 0. The van der Waals surface area contributed by atoms with Gasteiger partial charge in [0.05, 0.1) is 0 Å². The van der Waals surface area contributed by atoms with Crippen molar-refractivity contribution in [3.63, 3.8) is 0 Å². The highest BCUT2D eigenvalue weighted by molar-refractivity contribution is 5.49. The Morgan fingerprint density at radius 1 is 1.33 bits per heavy atom. The molecule has 0 amide bonds. The maximum atomic E-state index is 10.1. The minimum atomic E-state index is 0.575. The van der Waals surface area contributed by atoms with Gasteiger partial charge in [0.2, 0.25) is 0 Å². The van der Waals surface area contributed by atoms with Gasteiger partial charge in [0.15, 0.2) is 0 Å². The smallest absolute Gasteiger partial charge is 0.120 e. The average molecular weight is 168 g/mol. The average Bonchev–Trinajstić information content (AvgIpc) is 2.05. The van der Waals surface area contributed by atoms with Crippen LogP contribution in [-0.2, 0) is 4.79 Å². The highest BCUT2D eigenvalue weighted by atomic mass is 16.1. The number of allylic oxidation sites excluding steroid dienone is 1. The van der Waals surface area contributed by atoms with E-state index in [1.807, 2.05) is 6.08 Å². The number of hydrogen-bond donors (Lipinski definition) is 0. The molecular formula is C11H20O. The van der Waals surface area contributed by atoms with E-state index >= 15 is 0 Å². The zero-order valence-corrected chi connectivity index (χ0v) is 8.09. The van der Waals surface area contributed by atoms with Crippen molar-refractivity contribution in [1.82, 2.24) is 0 Å². The van der Waals surface area contributed by atoms with Gasteiger partial charge in [-0.25, -0.2) is 0 Å². The van der Waals surface area contributed by atoms with Crippen molar-refractivity contribution in [1.29, 1.82) is 0 Å². The molecule has 12 heavy (non-hydrogen) atoms. The molecule has 0 aromatic carbocycles. The van der Waals surface area contributed by atoms with Gasteiger partial charge in [-0.05, 0) is 18.8 Å². The molecule has 1 unspecified atom stereocenters. The highest BCUT2D eigenvalue weighted by Crippen LogP contribution is 2.12. The standard InChI is InChI=1S/C11H20O/c1-3-4-5-6-7-8-11(2)9-10-12/h3,10-11H,1,4-9H2,2H3. The summed E-state index contributed by atoms with van der Waals surface area (Å²) in [4.78, 5) is 10.1. The van der Waals surface area contributed by atoms with E-state index in [0.29, 0.717) is 5.92 Å². The third-order valence-corrected chi connectivity index (χ3v) is 2.10. The van der Waals surface area contributed by atoms with Gasteiger partial charge in [0.1, 0.15) is 6.29 Å². The lowest BCUT2D eigenvalue weighted by molar-refractivity contribution is -0.108. The number of aldehydes is 1. The summed E-state index contributed by atoms with van der Waals surface area (Å²) in [5, 5.41) is 0. The number of unbranched alkanes of at least 4 members (excludes halogenated alkanes) is 3. The van der Waals surface area contributed by atoms with Crippen LogP contribution in [0.3, 0.4) is 0 Å². The summed E-state index contributed by atoms with van der Waals surface area (Å²) in [6.45, 7) is 5.82. The zero-order chi connectivity index (χ0) is 9.23.